The third kappa shape index (κ3) is 7.96. The van der Waals surface area contributed by atoms with Gasteiger partial charge in [0.2, 0.25) is 0 Å². The van der Waals surface area contributed by atoms with Gasteiger partial charge in [-0.05, 0) is 18.6 Å². The van der Waals surface area contributed by atoms with Crippen LogP contribution in [0.1, 0.15) is 93.0 Å². The molecule has 0 fully saturated rings. The lowest BCUT2D eigenvalue weighted by atomic mass is 9.92. The summed E-state index contributed by atoms with van der Waals surface area (Å²) in [7, 11) is 3.05. The summed E-state index contributed by atoms with van der Waals surface area (Å²) in [4.78, 5) is 23.3. The number of unbranched alkanes of at least 4 members (excludes halogenated alkanes) is 8. The van der Waals surface area contributed by atoms with E-state index in [1.165, 1.54) is 52.1 Å². The van der Waals surface area contributed by atoms with E-state index in [2.05, 4.69) is 19.6 Å². The topological polar surface area (TPSA) is 52.6 Å². The van der Waals surface area contributed by atoms with E-state index >= 15 is 0 Å². The lowest BCUT2D eigenvalue weighted by molar-refractivity contribution is -0.112. The molecule has 0 aliphatic carbocycles. The first-order valence-corrected chi connectivity index (χ1v) is 10.5. The van der Waals surface area contributed by atoms with Crippen molar-refractivity contribution in [3.63, 3.8) is 0 Å². The van der Waals surface area contributed by atoms with Gasteiger partial charge in [-0.15, -0.1) is 12.6 Å². The predicted octanol–water partition coefficient (Wildman–Crippen LogP) is 5.98. The van der Waals surface area contributed by atoms with E-state index in [1.807, 2.05) is 0 Å². The zero-order chi connectivity index (χ0) is 20.1. The van der Waals surface area contributed by atoms with Crippen LogP contribution in [0.3, 0.4) is 0 Å². The highest BCUT2D eigenvalue weighted by atomic mass is 32.1. The Hall–Kier alpha value is -1.49. The molecule has 0 aliphatic heterocycles. The Morgan fingerprint density at radius 3 is 2.00 bits per heavy atom. The number of methoxy groups -OCH3 is 2. The average Bonchev–Trinajstić information content (AvgIpc) is 2.68. The number of rotatable bonds is 15. The minimum Gasteiger partial charge on any atom is -0.496 e. The van der Waals surface area contributed by atoms with E-state index in [-0.39, 0.29) is 11.0 Å². The molecule has 0 saturated heterocycles. The molecule has 1 aromatic rings. The molecular weight excluding hydrogens is 360 g/mol. The van der Waals surface area contributed by atoms with Crippen LogP contribution in [-0.4, -0.2) is 25.6 Å². The second-order valence-electron chi connectivity index (χ2n) is 6.96. The molecule has 0 saturated carbocycles. The molecule has 0 aromatic heterocycles. The molecule has 5 heteroatoms. The molecule has 0 bridgehead atoms. The Morgan fingerprint density at radius 1 is 0.963 bits per heavy atom. The molecule has 0 N–H and O–H groups in total. The smallest absolute Gasteiger partial charge is 0.193 e. The third-order valence-electron chi connectivity index (χ3n) is 4.98. The van der Waals surface area contributed by atoms with Gasteiger partial charge in [-0.3, -0.25) is 9.59 Å². The molecule has 0 heterocycles. The molecule has 0 aliphatic rings. The van der Waals surface area contributed by atoms with Gasteiger partial charge in [0.25, 0.3) is 0 Å². The number of carbonyl (C=O) groups is 2. The van der Waals surface area contributed by atoms with Gasteiger partial charge in [-0.25, -0.2) is 0 Å². The van der Waals surface area contributed by atoms with Gasteiger partial charge in [0.15, 0.2) is 11.4 Å². The summed E-state index contributed by atoms with van der Waals surface area (Å²) in [5.41, 5.74) is 1.14. The van der Waals surface area contributed by atoms with Crippen LogP contribution >= 0.6 is 12.6 Å². The molecule has 0 amide bonds. The first-order chi connectivity index (χ1) is 13.1. The number of thiol groups is 1. The number of hydrogen-bond donors (Lipinski definition) is 1. The van der Waals surface area contributed by atoms with Crippen LogP contribution in [0.4, 0.5) is 0 Å². The molecule has 1 atom stereocenters. The van der Waals surface area contributed by atoms with Crippen LogP contribution in [0.15, 0.2) is 12.1 Å². The third-order valence-corrected chi connectivity index (χ3v) is 5.29. The number of ether oxygens (including phenoxy) is 2. The van der Waals surface area contributed by atoms with Crippen molar-refractivity contribution in [3.8, 4) is 11.5 Å². The average molecular weight is 395 g/mol. The Kier molecular flexibility index (Phi) is 11.9. The first kappa shape index (κ1) is 23.5. The van der Waals surface area contributed by atoms with E-state index < -0.39 is 0 Å². The predicted molar refractivity (Wildman–Crippen MR) is 114 cm³/mol. The van der Waals surface area contributed by atoms with Crippen molar-refractivity contribution in [1.82, 2.24) is 0 Å². The zero-order valence-electron chi connectivity index (χ0n) is 17.0. The maximum atomic E-state index is 12.1. The molecule has 0 spiro atoms. The van der Waals surface area contributed by atoms with Crippen molar-refractivity contribution >= 4 is 24.0 Å². The summed E-state index contributed by atoms with van der Waals surface area (Å²) in [6.07, 6.45) is 12.6. The van der Waals surface area contributed by atoms with E-state index in [0.29, 0.717) is 17.1 Å². The molecule has 27 heavy (non-hydrogen) atoms. The molecular formula is C22H34O4S. The number of aldehydes is 1. The van der Waals surface area contributed by atoms with Crippen molar-refractivity contribution in [2.75, 3.05) is 14.2 Å². The van der Waals surface area contributed by atoms with Gasteiger partial charge in [-0.1, -0.05) is 64.7 Å². The Morgan fingerprint density at radius 2 is 1.52 bits per heavy atom. The fourth-order valence-corrected chi connectivity index (χ4v) is 3.65. The highest BCUT2D eigenvalue weighted by Crippen LogP contribution is 2.36. The summed E-state index contributed by atoms with van der Waals surface area (Å²) < 4.78 is 10.7. The standard InChI is InChI=1S/C22H34O4S/c1-4-5-6-7-8-9-10-11-12-13-18(22(24)27)19-15-20(25-2)17(16-23)14-21(19)26-3/h14-16,18H,4-13H2,1-3H3,(H,24,27). The van der Waals surface area contributed by atoms with Crippen molar-refractivity contribution < 1.29 is 19.1 Å². The molecule has 0 radical (unpaired) electrons. The summed E-state index contributed by atoms with van der Waals surface area (Å²) >= 11 is 4.09. The van der Waals surface area contributed by atoms with E-state index in [9.17, 15) is 9.59 Å². The van der Waals surface area contributed by atoms with Crippen molar-refractivity contribution in [2.24, 2.45) is 0 Å². The molecule has 4 nitrogen and oxygen atoms in total. The van der Waals surface area contributed by atoms with Crippen LogP contribution in [-0.2, 0) is 4.79 Å². The SMILES string of the molecule is CCCCCCCCCCCC(C(=O)S)c1cc(OC)c(C=O)cc1OC. The van der Waals surface area contributed by atoms with E-state index in [4.69, 9.17) is 9.47 Å². The van der Waals surface area contributed by atoms with Crippen LogP contribution in [0, 0.1) is 0 Å². The summed E-state index contributed by atoms with van der Waals surface area (Å²) in [6.45, 7) is 2.23. The second-order valence-corrected chi connectivity index (χ2v) is 7.40. The van der Waals surface area contributed by atoms with Crippen molar-refractivity contribution in [2.45, 2.75) is 77.0 Å². The number of carbonyl (C=O) groups excluding carboxylic acids is 2. The zero-order valence-corrected chi connectivity index (χ0v) is 17.9. The second kappa shape index (κ2) is 13.6. The highest BCUT2D eigenvalue weighted by Gasteiger charge is 2.23. The van der Waals surface area contributed by atoms with Gasteiger partial charge in [-0.2, -0.15) is 0 Å². The van der Waals surface area contributed by atoms with Crippen molar-refractivity contribution in [3.05, 3.63) is 23.3 Å². The summed E-state index contributed by atoms with van der Waals surface area (Å²) in [5, 5.41) is -0.186. The fourth-order valence-electron chi connectivity index (χ4n) is 3.38. The Labute approximate surface area is 169 Å². The maximum absolute atomic E-state index is 12.1. The fraction of sp³-hybridized carbons (Fsp3) is 0.636. The first-order valence-electron chi connectivity index (χ1n) is 10.0. The molecule has 1 unspecified atom stereocenters. The molecule has 1 aromatic carbocycles. The Balaban J connectivity index is 2.63. The normalized spacial score (nSPS) is 11.9. The lowest BCUT2D eigenvalue weighted by Crippen LogP contribution is -2.10. The Bertz CT molecular complexity index is 586. The van der Waals surface area contributed by atoms with Gasteiger partial charge < -0.3 is 9.47 Å². The van der Waals surface area contributed by atoms with Gasteiger partial charge in [0.1, 0.15) is 11.5 Å². The molecule has 1 rings (SSSR count). The minimum atomic E-state index is -0.359. The van der Waals surface area contributed by atoms with Crippen LogP contribution in [0.2, 0.25) is 0 Å². The largest absolute Gasteiger partial charge is 0.496 e. The summed E-state index contributed by atoms with van der Waals surface area (Å²) in [6, 6.07) is 3.36. The van der Waals surface area contributed by atoms with Gasteiger partial charge >= 0.3 is 0 Å². The number of hydrogen-bond acceptors (Lipinski definition) is 4. The number of benzene rings is 1. The quantitative estimate of drug-likeness (QED) is 0.226. The van der Waals surface area contributed by atoms with Crippen LogP contribution in [0.25, 0.3) is 0 Å². The van der Waals surface area contributed by atoms with E-state index in [1.54, 1.807) is 19.2 Å². The van der Waals surface area contributed by atoms with Gasteiger partial charge in [0.05, 0.1) is 25.7 Å². The van der Waals surface area contributed by atoms with Crippen molar-refractivity contribution in [1.29, 1.82) is 0 Å². The maximum Gasteiger partial charge on any atom is 0.193 e. The highest BCUT2D eigenvalue weighted by molar-refractivity contribution is 7.96. The van der Waals surface area contributed by atoms with E-state index in [0.717, 1.165) is 31.1 Å². The molecule has 152 valence electrons. The summed E-state index contributed by atoms with van der Waals surface area (Å²) in [5.74, 6) is 0.621. The minimum absolute atomic E-state index is 0.186. The monoisotopic (exact) mass is 394 g/mol. The van der Waals surface area contributed by atoms with Crippen LogP contribution < -0.4 is 9.47 Å². The van der Waals surface area contributed by atoms with Crippen LogP contribution in [0.5, 0.6) is 11.5 Å². The lowest BCUT2D eigenvalue weighted by Gasteiger charge is -2.19. The van der Waals surface area contributed by atoms with Gasteiger partial charge in [0, 0.05) is 5.56 Å².